The first kappa shape index (κ1) is 44.5. The topological polar surface area (TPSA) is 107 Å². The van der Waals surface area contributed by atoms with Gasteiger partial charge in [-0.05, 0) is 84.5 Å². The summed E-state index contributed by atoms with van der Waals surface area (Å²) in [6.45, 7) is 10.1. The molecule has 0 saturated carbocycles. The molecule has 2 fully saturated rings. The number of halogens is 2. The summed E-state index contributed by atoms with van der Waals surface area (Å²) in [6.07, 6.45) is 3.83. The van der Waals surface area contributed by atoms with Gasteiger partial charge in [-0.3, -0.25) is 0 Å². The molecule has 16 heteroatoms. The van der Waals surface area contributed by atoms with Crippen LogP contribution in [0.15, 0.2) is 112 Å². The van der Waals surface area contributed by atoms with E-state index in [0.717, 1.165) is 59.5 Å². The minimum Gasteiger partial charge on any atom is -0.345 e. The number of anilines is 2. The molecule has 0 N–H and O–H groups in total. The molecule has 0 aliphatic carbocycles. The van der Waals surface area contributed by atoms with Crippen LogP contribution in [0, 0.1) is 25.5 Å². The van der Waals surface area contributed by atoms with Gasteiger partial charge in [0.25, 0.3) is 0 Å². The number of rotatable bonds is 12. The fourth-order valence-electron chi connectivity index (χ4n) is 7.47. The van der Waals surface area contributed by atoms with Crippen molar-refractivity contribution < 1.29 is 25.6 Å². The lowest BCUT2D eigenvalue weighted by atomic mass is 9.99. The highest BCUT2D eigenvalue weighted by molar-refractivity contribution is 7.89. The third-order valence-corrected chi connectivity index (χ3v) is 16.6. The summed E-state index contributed by atoms with van der Waals surface area (Å²) in [7, 11) is -7.37. The molecule has 322 valence electrons. The number of hydrogen-bond acceptors (Lipinski definition) is 10. The number of nitrogens with zero attached hydrogens (tertiary/aromatic N) is 6. The van der Waals surface area contributed by atoms with Gasteiger partial charge in [-0.2, -0.15) is 8.61 Å². The Morgan fingerprint density at radius 3 is 1.44 bits per heavy atom. The Hall–Kier alpha value is -4.58. The lowest BCUT2D eigenvalue weighted by Crippen LogP contribution is -2.48. The van der Waals surface area contributed by atoms with E-state index in [1.54, 1.807) is 22.7 Å². The number of hydrogen-bond donors (Lipinski definition) is 0. The van der Waals surface area contributed by atoms with E-state index in [4.69, 9.17) is 9.97 Å². The predicted octanol–water partition coefficient (Wildman–Crippen LogP) is 8.34. The van der Waals surface area contributed by atoms with Gasteiger partial charge in [0.15, 0.2) is 10.3 Å². The van der Waals surface area contributed by atoms with Crippen LogP contribution >= 0.6 is 22.7 Å². The Bertz CT molecular complexity index is 2620. The fourth-order valence-corrected chi connectivity index (χ4v) is 12.1. The van der Waals surface area contributed by atoms with Crippen molar-refractivity contribution in [1.29, 1.82) is 0 Å². The Kier molecular flexibility index (Phi) is 14.3. The molecule has 0 bridgehead atoms. The number of benzene rings is 4. The van der Waals surface area contributed by atoms with Crippen molar-refractivity contribution in [3.8, 4) is 0 Å². The molecule has 4 aromatic carbocycles. The Morgan fingerprint density at radius 2 is 1.00 bits per heavy atom. The molecule has 61 heavy (non-hydrogen) atoms. The van der Waals surface area contributed by atoms with Gasteiger partial charge in [-0.1, -0.05) is 67.9 Å². The van der Waals surface area contributed by atoms with E-state index in [0.29, 0.717) is 52.4 Å². The largest absolute Gasteiger partial charge is 0.345 e. The molecular weight excluding hydrogens is 855 g/mol. The van der Waals surface area contributed by atoms with Crippen LogP contribution < -0.4 is 9.80 Å². The molecule has 0 unspecified atom stereocenters. The molecule has 6 aromatic rings. The Labute approximate surface area is 366 Å². The maximum atomic E-state index is 13.5. The average Bonchev–Trinajstić information content (AvgIpc) is 3.94. The first-order valence-corrected chi connectivity index (χ1v) is 25.0. The Balaban J connectivity index is 0.000000184. The second-order valence-corrected chi connectivity index (χ2v) is 20.8. The monoisotopic (exact) mass is 904 g/mol. The number of sulfonamides is 2. The highest BCUT2D eigenvalue weighted by Crippen LogP contribution is 2.28. The van der Waals surface area contributed by atoms with Crippen LogP contribution in [0.3, 0.4) is 0 Å². The summed E-state index contributed by atoms with van der Waals surface area (Å²) in [5.41, 5.74) is 8.49. The van der Waals surface area contributed by atoms with E-state index < -0.39 is 31.7 Å². The molecule has 2 saturated heterocycles. The van der Waals surface area contributed by atoms with E-state index in [-0.39, 0.29) is 9.79 Å². The van der Waals surface area contributed by atoms with Gasteiger partial charge in [-0.25, -0.2) is 35.6 Å². The summed E-state index contributed by atoms with van der Waals surface area (Å²) in [6, 6.07) is 25.4. The van der Waals surface area contributed by atoms with Crippen LogP contribution in [0.2, 0.25) is 0 Å². The van der Waals surface area contributed by atoms with Gasteiger partial charge < -0.3 is 9.80 Å². The first-order valence-electron chi connectivity index (χ1n) is 20.3. The van der Waals surface area contributed by atoms with Crippen molar-refractivity contribution in [2.45, 2.75) is 56.2 Å². The molecule has 8 rings (SSSR count). The summed E-state index contributed by atoms with van der Waals surface area (Å²) < 4.78 is 80.9. The lowest BCUT2D eigenvalue weighted by molar-refractivity contribution is 0.384. The minimum absolute atomic E-state index is 0.00101. The average molecular weight is 905 g/mol. The molecule has 0 atom stereocenters. The maximum absolute atomic E-state index is 13.5. The highest BCUT2D eigenvalue weighted by atomic mass is 32.2. The van der Waals surface area contributed by atoms with Gasteiger partial charge in [-0.15, -0.1) is 22.7 Å². The van der Waals surface area contributed by atoms with E-state index in [1.807, 2.05) is 0 Å². The second-order valence-electron chi connectivity index (χ2n) is 15.2. The number of aryl methyl sites for hydroxylation is 3. The number of thiazole rings is 2. The molecule has 10 nitrogen and oxygen atoms in total. The zero-order valence-electron chi connectivity index (χ0n) is 34.5. The standard InChI is InChI=1S/C23H26FN3O2S2.C22H24FN3O2S2/c1-2-4-18-7-9-19(10-8-18)15-21-17-30-23(25-21)26-11-13-27(14-12-26)31(28,29)22-6-3-5-20(24)16-22;1-16-5-3-6-17(2)21(16)14-19-15-29-22(24-19)25-9-11-26(12-10-25)30(27,28)20-8-4-7-18(23)13-20/h3,5-10,16-17H,2,4,11-15H2,1H3;3-8,13,15H,9-12,14H2,1-2H3. The molecule has 2 aromatic heterocycles. The summed E-state index contributed by atoms with van der Waals surface area (Å²) in [5, 5.41) is 5.99. The third kappa shape index (κ3) is 10.9. The summed E-state index contributed by atoms with van der Waals surface area (Å²) >= 11 is 3.18. The van der Waals surface area contributed by atoms with E-state index in [1.165, 1.54) is 72.8 Å². The third-order valence-electron chi connectivity index (χ3n) is 10.9. The summed E-state index contributed by atoms with van der Waals surface area (Å²) in [5.74, 6) is -1.09. The molecule has 4 heterocycles. The smallest absolute Gasteiger partial charge is 0.243 e. The predicted molar refractivity (Wildman–Crippen MR) is 241 cm³/mol. The molecular formula is C45H50F2N6O4S4. The molecule has 0 spiro atoms. The van der Waals surface area contributed by atoms with Crippen LogP contribution in [0.4, 0.5) is 19.0 Å². The molecule has 2 aliphatic rings. The van der Waals surface area contributed by atoms with Crippen molar-refractivity contribution in [3.05, 3.63) is 153 Å². The molecule has 0 radical (unpaired) electrons. The Morgan fingerprint density at radius 1 is 0.574 bits per heavy atom. The van der Waals surface area contributed by atoms with Crippen LogP contribution in [-0.2, 0) is 39.3 Å². The van der Waals surface area contributed by atoms with Crippen molar-refractivity contribution in [3.63, 3.8) is 0 Å². The van der Waals surface area contributed by atoms with Crippen molar-refractivity contribution in [2.75, 3.05) is 62.2 Å². The van der Waals surface area contributed by atoms with E-state index in [2.05, 4.69) is 83.8 Å². The van der Waals surface area contributed by atoms with Gasteiger partial charge in [0.2, 0.25) is 20.0 Å². The lowest BCUT2D eigenvalue weighted by Gasteiger charge is -2.33. The van der Waals surface area contributed by atoms with Crippen molar-refractivity contribution >= 4 is 53.0 Å². The van der Waals surface area contributed by atoms with Crippen LogP contribution in [0.5, 0.6) is 0 Å². The zero-order valence-corrected chi connectivity index (χ0v) is 37.8. The second kappa shape index (κ2) is 19.6. The van der Waals surface area contributed by atoms with E-state index >= 15 is 0 Å². The zero-order chi connectivity index (χ0) is 43.1. The summed E-state index contributed by atoms with van der Waals surface area (Å²) in [4.78, 5) is 13.8. The van der Waals surface area contributed by atoms with Crippen LogP contribution in [0.1, 0.15) is 52.5 Å². The quantitative estimate of drug-likeness (QED) is 0.121. The molecule has 0 amide bonds. The van der Waals surface area contributed by atoms with E-state index in [9.17, 15) is 25.6 Å². The fraction of sp³-hybridized carbons (Fsp3) is 0.333. The normalized spacial score (nSPS) is 15.4. The minimum atomic E-state index is -3.69. The maximum Gasteiger partial charge on any atom is 0.243 e. The van der Waals surface area contributed by atoms with Crippen molar-refractivity contribution in [1.82, 2.24) is 18.6 Å². The number of piperazine rings is 2. The van der Waals surface area contributed by atoms with Gasteiger partial charge in [0.05, 0.1) is 21.2 Å². The van der Waals surface area contributed by atoms with Gasteiger partial charge >= 0.3 is 0 Å². The van der Waals surface area contributed by atoms with Crippen LogP contribution in [0.25, 0.3) is 0 Å². The van der Waals surface area contributed by atoms with Crippen LogP contribution in [-0.4, -0.2) is 87.8 Å². The van der Waals surface area contributed by atoms with Gasteiger partial charge in [0.1, 0.15) is 11.6 Å². The highest BCUT2D eigenvalue weighted by Gasteiger charge is 2.31. The number of aromatic nitrogens is 2. The first-order chi connectivity index (χ1) is 29.3. The molecule has 2 aliphatic heterocycles. The van der Waals surface area contributed by atoms with Gasteiger partial charge in [0, 0.05) is 76.0 Å². The van der Waals surface area contributed by atoms with Crippen molar-refractivity contribution in [2.24, 2.45) is 0 Å². The SMILES string of the molecule is CCCc1ccc(Cc2csc(N3CCN(S(=O)(=O)c4cccc(F)c4)CC3)n2)cc1.Cc1cccc(C)c1Cc1csc(N2CCN(S(=O)(=O)c3cccc(F)c3)CC2)n1.